The van der Waals surface area contributed by atoms with Gasteiger partial charge in [0.1, 0.15) is 11.8 Å². The summed E-state index contributed by atoms with van der Waals surface area (Å²) in [4.78, 5) is 26.4. The molecule has 6 heteroatoms. The van der Waals surface area contributed by atoms with Crippen LogP contribution in [0.15, 0.2) is 48.5 Å². The molecule has 2 N–H and O–H groups in total. The van der Waals surface area contributed by atoms with Crippen LogP contribution in [0.4, 0.5) is 16.2 Å². The van der Waals surface area contributed by atoms with E-state index in [1.807, 2.05) is 31.2 Å². The first-order valence-corrected chi connectivity index (χ1v) is 8.16. The molecule has 1 atom stereocenters. The topological polar surface area (TPSA) is 70.7 Å². The van der Waals surface area contributed by atoms with Gasteiger partial charge < -0.3 is 20.3 Å². The lowest BCUT2D eigenvalue weighted by molar-refractivity contribution is -0.118. The average Bonchev–Trinajstić information content (AvgIpc) is 2.97. The molecular formula is C19H21N3O3. The van der Waals surface area contributed by atoms with E-state index in [1.165, 1.54) is 0 Å². The van der Waals surface area contributed by atoms with Gasteiger partial charge in [0.2, 0.25) is 5.91 Å². The fraction of sp³-hybridized carbons (Fsp3) is 0.263. The highest BCUT2D eigenvalue weighted by molar-refractivity contribution is 6.02. The number of nitrogens with one attached hydrogen (secondary N) is 2. The molecule has 1 aliphatic rings. The number of nitrogens with zero attached hydrogens (tertiary/aromatic N) is 1. The second-order valence-electron chi connectivity index (χ2n) is 5.99. The summed E-state index contributed by atoms with van der Waals surface area (Å²) in [5.74, 6) is 0.624. The first-order chi connectivity index (χ1) is 12.1. The predicted molar refractivity (Wildman–Crippen MR) is 97.1 cm³/mol. The number of ether oxygens (including phenoxy) is 1. The summed E-state index contributed by atoms with van der Waals surface area (Å²) in [6.45, 7) is 2.60. The fourth-order valence-corrected chi connectivity index (χ4v) is 2.79. The van der Waals surface area contributed by atoms with Crippen LogP contribution >= 0.6 is 0 Å². The number of methoxy groups -OCH3 is 1. The molecule has 0 aliphatic carbocycles. The summed E-state index contributed by atoms with van der Waals surface area (Å²) in [7, 11) is 1.58. The Labute approximate surface area is 146 Å². The van der Waals surface area contributed by atoms with Crippen LogP contribution in [0.25, 0.3) is 0 Å². The SMILES string of the molecule is COc1ccc(NC(=O)N[C@@H]2CCN(c3ccc(C)cc3)C2=O)cc1. The number of aryl methyl sites for hydroxylation is 1. The zero-order valence-corrected chi connectivity index (χ0v) is 14.3. The van der Waals surface area contributed by atoms with Crippen LogP contribution in [0.2, 0.25) is 0 Å². The number of urea groups is 1. The van der Waals surface area contributed by atoms with E-state index in [4.69, 9.17) is 4.74 Å². The monoisotopic (exact) mass is 339 g/mol. The predicted octanol–water partition coefficient (Wildman–Crippen LogP) is 2.93. The highest BCUT2D eigenvalue weighted by atomic mass is 16.5. The number of hydrogen-bond donors (Lipinski definition) is 2. The first-order valence-electron chi connectivity index (χ1n) is 8.16. The van der Waals surface area contributed by atoms with Crippen LogP contribution in [0.1, 0.15) is 12.0 Å². The van der Waals surface area contributed by atoms with Crippen LogP contribution < -0.4 is 20.3 Å². The van der Waals surface area contributed by atoms with Crippen molar-refractivity contribution in [3.05, 3.63) is 54.1 Å². The molecule has 0 bridgehead atoms. The van der Waals surface area contributed by atoms with Crippen molar-refractivity contribution in [3.63, 3.8) is 0 Å². The van der Waals surface area contributed by atoms with Gasteiger partial charge in [0.25, 0.3) is 0 Å². The zero-order chi connectivity index (χ0) is 17.8. The largest absolute Gasteiger partial charge is 0.497 e. The first kappa shape index (κ1) is 16.8. The van der Waals surface area contributed by atoms with E-state index in [1.54, 1.807) is 36.3 Å². The summed E-state index contributed by atoms with van der Waals surface area (Å²) in [6.07, 6.45) is 0.586. The van der Waals surface area contributed by atoms with Crippen molar-refractivity contribution in [2.45, 2.75) is 19.4 Å². The number of benzene rings is 2. The van der Waals surface area contributed by atoms with Gasteiger partial charge in [0.05, 0.1) is 7.11 Å². The minimum absolute atomic E-state index is 0.0891. The van der Waals surface area contributed by atoms with E-state index >= 15 is 0 Å². The molecule has 1 saturated heterocycles. The molecule has 6 nitrogen and oxygen atoms in total. The molecular weight excluding hydrogens is 318 g/mol. The molecule has 0 saturated carbocycles. The lowest BCUT2D eigenvalue weighted by Gasteiger charge is -2.17. The lowest BCUT2D eigenvalue weighted by Crippen LogP contribution is -2.43. The molecule has 1 heterocycles. The maximum absolute atomic E-state index is 12.5. The van der Waals surface area contributed by atoms with Crippen molar-refractivity contribution in [3.8, 4) is 5.75 Å². The summed E-state index contributed by atoms with van der Waals surface area (Å²) in [5, 5.41) is 5.47. The number of hydrogen-bond acceptors (Lipinski definition) is 3. The van der Waals surface area contributed by atoms with Gasteiger partial charge in [0.15, 0.2) is 0 Å². The Hall–Kier alpha value is -3.02. The Morgan fingerprint density at radius 3 is 2.44 bits per heavy atom. The van der Waals surface area contributed by atoms with Crippen LogP contribution in [0, 0.1) is 6.92 Å². The summed E-state index contributed by atoms with van der Waals surface area (Å²) < 4.78 is 5.08. The van der Waals surface area contributed by atoms with Gasteiger partial charge in [-0.1, -0.05) is 17.7 Å². The normalized spacial score (nSPS) is 16.6. The maximum atomic E-state index is 12.5. The van der Waals surface area contributed by atoms with E-state index in [-0.39, 0.29) is 5.91 Å². The van der Waals surface area contributed by atoms with E-state index in [0.29, 0.717) is 24.4 Å². The van der Waals surface area contributed by atoms with Crippen molar-refractivity contribution < 1.29 is 14.3 Å². The molecule has 0 unspecified atom stereocenters. The molecule has 3 amide bonds. The van der Waals surface area contributed by atoms with Crippen molar-refractivity contribution >= 4 is 23.3 Å². The summed E-state index contributed by atoms with van der Waals surface area (Å²) >= 11 is 0. The summed E-state index contributed by atoms with van der Waals surface area (Å²) in [6, 6.07) is 13.9. The molecule has 1 aliphatic heterocycles. The van der Waals surface area contributed by atoms with Gasteiger partial charge >= 0.3 is 6.03 Å². The van der Waals surface area contributed by atoms with E-state index in [2.05, 4.69) is 10.6 Å². The van der Waals surface area contributed by atoms with E-state index < -0.39 is 12.1 Å². The van der Waals surface area contributed by atoms with Gasteiger partial charge in [0, 0.05) is 17.9 Å². The number of carbonyl (C=O) groups excluding carboxylic acids is 2. The quantitative estimate of drug-likeness (QED) is 0.900. The molecule has 0 spiro atoms. The molecule has 0 radical (unpaired) electrons. The number of anilines is 2. The van der Waals surface area contributed by atoms with Crippen molar-refractivity contribution in [2.24, 2.45) is 0 Å². The van der Waals surface area contributed by atoms with Crippen LogP contribution in [0.5, 0.6) is 5.75 Å². The highest BCUT2D eigenvalue weighted by Crippen LogP contribution is 2.22. The van der Waals surface area contributed by atoms with Gasteiger partial charge in [-0.25, -0.2) is 4.79 Å². The van der Waals surface area contributed by atoms with Gasteiger partial charge in [-0.15, -0.1) is 0 Å². The Bertz CT molecular complexity index is 756. The summed E-state index contributed by atoms with van der Waals surface area (Å²) in [5.41, 5.74) is 2.64. The van der Waals surface area contributed by atoms with E-state index in [9.17, 15) is 9.59 Å². The minimum atomic E-state index is -0.514. The zero-order valence-electron chi connectivity index (χ0n) is 14.3. The second kappa shape index (κ2) is 7.25. The Balaban J connectivity index is 1.58. The maximum Gasteiger partial charge on any atom is 0.319 e. The van der Waals surface area contributed by atoms with Gasteiger partial charge in [-0.2, -0.15) is 0 Å². The average molecular weight is 339 g/mol. The standard InChI is InChI=1S/C19H21N3O3/c1-13-3-7-15(8-4-13)22-12-11-17(18(22)23)21-19(24)20-14-5-9-16(25-2)10-6-14/h3-10,17H,11-12H2,1-2H3,(H2,20,21,24)/t17-/m1/s1. The third-order valence-electron chi connectivity index (χ3n) is 4.20. The Kier molecular flexibility index (Phi) is 4.88. The van der Waals surface area contributed by atoms with Crippen molar-refractivity contribution in [2.75, 3.05) is 23.9 Å². The Morgan fingerprint density at radius 1 is 1.12 bits per heavy atom. The lowest BCUT2D eigenvalue weighted by atomic mass is 10.2. The van der Waals surface area contributed by atoms with Crippen LogP contribution in [-0.2, 0) is 4.79 Å². The van der Waals surface area contributed by atoms with E-state index in [0.717, 1.165) is 11.3 Å². The minimum Gasteiger partial charge on any atom is -0.497 e. The smallest absolute Gasteiger partial charge is 0.319 e. The molecule has 0 aromatic heterocycles. The number of carbonyl (C=O) groups is 2. The van der Waals surface area contributed by atoms with Gasteiger partial charge in [-0.05, 0) is 49.7 Å². The Morgan fingerprint density at radius 2 is 1.80 bits per heavy atom. The fourth-order valence-electron chi connectivity index (χ4n) is 2.79. The third-order valence-corrected chi connectivity index (χ3v) is 4.20. The number of amides is 3. The molecule has 2 aromatic rings. The highest BCUT2D eigenvalue weighted by Gasteiger charge is 2.33. The molecule has 1 fully saturated rings. The molecule has 130 valence electrons. The second-order valence-corrected chi connectivity index (χ2v) is 5.99. The van der Waals surface area contributed by atoms with Crippen LogP contribution in [-0.4, -0.2) is 31.6 Å². The van der Waals surface area contributed by atoms with Crippen molar-refractivity contribution in [1.82, 2.24) is 5.32 Å². The number of rotatable bonds is 4. The van der Waals surface area contributed by atoms with Gasteiger partial charge in [-0.3, -0.25) is 4.79 Å². The molecule has 3 rings (SSSR count). The van der Waals surface area contributed by atoms with Crippen molar-refractivity contribution in [1.29, 1.82) is 0 Å². The van der Waals surface area contributed by atoms with Crippen LogP contribution in [0.3, 0.4) is 0 Å². The molecule has 25 heavy (non-hydrogen) atoms. The third kappa shape index (κ3) is 3.91. The molecule has 2 aromatic carbocycles.